The highest BCUT2D eigenvalue weighted by Gasteiger charge is 2.51. The van der Waals surface area contributed by atoms with Gasteiger partial charge in [0.1, 0.15) is 22.6 Å². The third-order valence-corrected chi connectivity index (χ3v) is 4.81. The second-order valence-corrected chi connectivity index (χ2v) is 6.46. The van der Waals surface area contributed by atoms with Crippen LogP contribution < -0.4 is 5.32 Å². The molecule has 1 saturated carbocycles. The summed E-state index contributed by atoms with van der Waals surface area (Å²) in [7, 11) is 1.92. The maximum Gasteiger partial charge on any atom is 0.329 e. The first kappa shape index (κ1) is 14.0. The Hall–Kier alpha value is -0.920. The lowest BCUT2D eigenvalue weighted by Gasteiger charge is -2.40. The molecular weight excluding hydrogens is 326 g/mol. The predicted molar refractivity (Wildman–Crippen MR) is 75.3 cm³/mol. The number of nitrogens with zero attached hydrogens (tertiary/aromatic N) is 2. The fourth-order valence-electron chi connectivity index (χ4n) is 3.55. The molecule has 110 valence electrons. The highest BCUT2D eigenvalue weighted by Crippen LogP contribution is 2.47. The second-order valence-electron chi connectivity index (χ2n) is 5.65. The summed E-state index contributed by atoms with van der Waals surface area (Å²) in [5.41, 5.74) is -0.598. The van der Waals surface area contributed by atoms with Gasteiger partial charge in [0.25, 0.3) is 0 Å². The minimum Gasteiger partial charge on any atom is -0.480 e. The van der Waals surface area contributed by atoms with Crippen LogP contribution in [0, 0.1) is 5.92 Å². The van der Waals surface area contributed by atoms with Crippen LogP contribution in [0.1, 0.15) is 25.1 Å². The standard InChI is InChI=1S/C13H18BrN3O3/c1-17-6-10(14)16-12(17)13(20-7-11(18)19)3-2-9-4-8(13)5-15-9/h6,8-9,15H,2-5,7H2,1H3,(H,18,19). The van der Waals surface area contributed by atoms with E-state index in [0.717, 1.165) is 36.2 Å². The van der Waals surface area contributed by atoms with E-state index in [2.05, 4.69) is 26.2 Å². The molecule has 1 aliphatic heterocycles. The van der Waals surface area contributed by atoms with Crippen LogP contribution in [0.5, 0.6) is 0 Å². The molecule has 3 rings (SSSR count). The van der Waals surface area contributed by atoms with Gasteiger partial charge in [-0.2, -0.15) is 0 Å². The molecule has 3 unspecified atom stereocenters. The Morgan fingerprint density at radius 3 is 3.20 bits per heavy atom. The molecule has 0 spiro atoms. The van der Waals surface area contributed by atoms with Crippen molar-refractivity contribution < 1.29 is 14.6 Å². The number of halogens is 1. The quantitative estimate of drug-likeness (QED) is 0.860. The van der Waals surface area contributed by atoms with E-state index in [4.69, 9.17) is 9.84 Å². The van der Waals surface area contributed by atoms with Crippen molar-refractivity contribution in [1.82, 2.24) is 14.9 Å². The van der Waals surface area contributed by atoms with E-state index in [0.29, 0.717) is 6.04 Å². The van der Waals surface area contributed by atoms with Crippen LogP contribution in [0.4, 0.5) is 0 Å². The summed E-state index contributed by atoms with van der Waals surface area (Å²) in [4.78, 5) is 15.5. The van der Waals surface area contributed by atoms with Crippen LogP contribution in [0.2, 0.25) is 0 Å². The van der Waals surface area contributed by atoms with Crippen molar-refractivity contribution in [3.8, 4) is 0 Å². The van der Waals surface area contributed by atoms with Gasteiger partial charge in [-0.3, -0.25) is 0 Å². The number of carboxylic acid groups (broad SMARTS) is 1. The zero-order valence-corrected chi connectivity index (χ0v) is 12.9. The highest BCUT2D eigenvalue weighted by molar-refractivity contribution is 9.10. The number of hydrogen-bond donors (Lipinski definition) is 2. The van der Waals surface area contributed by atoms with E-state index >= 15 is 0 Å². The van der Waals surface area contributed by atoms with E-state index in [1.807, 2.05) is 17.8 Å². The average Bonchev–Trinajstić information content (AvgIpc) is 2.95. The molecule has 0 radical (unpaired) electrons. The molecular formula is C13H18BrN3O3. The molecule has 3 atom stereocenters. The summed E-state index contributed by atoms with van der Waals surface area (Å²) in [6.07, 6.45) is 4.69. The van der Waals surface area contributed by atoms with E-state index < -0.39 is 11.6 Å². The van der Waals surface area contributed by atoms with Crippen molar-refractivity contribution >= 4 is 21.9 Å². The van der Waals surface area contributed by atoms with Crippen molar-refractivity contribution in [1.29, 1.82) is 0 Å². The van der Waals surface area contributed by atoms with Gasteiger partial charge in [-0.1, -0.05) is 0 Å². The molecule has 2 aliphatic rings. The Bertz CT molecular complexity index is 533. The van der Waals surface area contributed by atoms with Crippen molar-refractivity contribution in [3.63, 3.8) is 0 Å². The Kier molecular flexibility index (Phi) is 3.60. The monoisotopic (exact) mass is 343 g/mol. The normalized spacial score (nSPS) is 32.5. The molecule has 0 aromatic carbocycles. The SMILES string of the molecule is Cn1cc(Br)nc1C1(OCC(=O)O)CCC2CC1CN2. The van der Waals surface area contributed by atoms with Crippen LogP contribution in [0.25, 0.3) is 0 Å². The van der Waals surface area contributed by atoms with Gasteiger partial charge in [0.05, 0.1) is 0 Å². The number of fused-ring (bicyclic) bond motifs is 2. The Balaban J connectivity index is 1.98. The molecule has 6 nitrogen and oxygen atoms in total. The van der Waals surface area contributed by atoms with Crippen LogP contribution in [0.3, 0.4) is 0 Å². The maximum atomic E-state index is 10.9. The van der Waals surface area contributed by atoms with Crippen molar-refractivity contribution in [2.24, 2.45) is 13.0 Å². The minimum atomic E-state index is -0.939. The predicted octanol–water partition coefficient (Wildman–Crippen LogP) is 1.25. The number of aryl methyl sites for hydroxylation is 1. The molecule has 2 heterocycles. The summed E-state index contributed by atoms with van der Waals surface area (Å²) in [6, 6.07) is 0.533. The first-order valence-electron chi connectivity index (χ1n) is 6.80. The first-order valence-corrected chi connectivity index (χ1v) is 7.59. The number of nitrogens with one attached hydrogen (secondary N) is 1. The van der Waals surface area contributed by atoms with E-state index in [-0.39, 0.29) is 12.5 Å². The second kappa shape index (κ2) is 5.13. The molecule has 2 bridgehead atoms. The minimum absolute atomic E-state index is 0.272. The van der Waals surface area contributed by atoms with Gasteiger partial charge in [0.15, 0.2) is 0 Å². The lowest BCUT2D eigenvalue weighted by molar-refractivity contribution is -0.160. The van der Waals surface area contributed by atoms with Crippen molar-refractivity contribution in [2.45, 2.75) is 30.9 Å². The summed E-state index contributed by atoms with van der Waals surface area (Å²) < 4.78 is 8.59. The number of carbonyl (C=O) groups is 1. The van der Waals surface area contributed by atoms with Gasteiger partial charge in [0.2, 0.25) is 0 Å². The molecule has 20 heavy (non-hydrogen) atoms. The van der Waals surface area contributed by atoms with Crippen LogP contribution >= 0.6 is 15.9 Å². The summed E-state index contributed by atoms with van der Waals surface area (Å²) >= 11 is 3.39. The van der Waals surface area contributed by atoms with Gasteiger partial charge < -0.3 is 19.7 Å². The number of rotatable bonds is 4. The van der Waals surface area contributed by atoms with Gasteiger partial charge in [-0.15, -0.1) is 0 Å². The van der Waals surface area contributed by atoms with Crippen molar-refractivity contribution in [2.75, 3.05) is 13.2 Å². The summed E-state index contributed by atoms with van der Waals surface area (Å²) in [5.74, 6) is 0.150. The first-order chi connectivity index (χ1) is 9.51. The number of imidazole rings is 1. The largest absolute Gasteiger partial charge is 0.480 e. The Morgan fingerprint density at radius 2 is 2.55 bits per heavy atom. The van der Waals surface area contributed by atoms with Gasteiger partial charge in [-0.25, -0.2) is 9.78 Å². The molecule has 1 aliphatic carbocycles. The molecule has 2 fully saturated rings. The number of hydrogen-bond acceptors (Lipinski definition) is 4. The topological polar surface area (TPSA) is 76.4 Å². The highest BCUT2D eigenvalue weighted by atomic mass is 79.9. The third-order valence-electron chi connectivity index (χ3n) is 4.42. The maximum absolute atomic E-state index is 10.9. The van der Waals surface area contributed by atoms with Crippen molar-refractivity contribution in [3.05, 3.63) is 16.6 Å². The fraction of sp³-hybridized carbons (Fsp3) is 0.692. The van der Waals surface area contributed by atoms with Gasteiger partial charge >= 0.3 is 5.97 Å². The third kappa shape index (κ3) is 2.27. The fourth-order valence-corrected chi connectivity index (χ4v) is 4.02. The van der Waals surface area contributed by atoms with Crippen LogP contribution in [-0.4, -0.2) is 39.8 Å². The molecule has 0 amide bonds. The number of carboxylic acids is 1. The number of ether oxygens (including phenoxy) is 1. The molecule has 7 heteroatoms. The molecule has 1 saturated heterocycles. The van der Waals surface area contributed by atoms with Gasteiger partial charge in [0, 0.05) is 31.7 Å². The number of aliphatic carboxylic acids is 1. The van der Waals surface area contributed by atoms with E-state index in [1.54, 1.807) is 0 Å². The summed E-state index contributed by atoms with van der Waals surface area (Å²) in [5, 5.41) is 12.5. The lowest BCUT2D eigenvalue weighted by Crippen LogP contribution is -2.44. The van der Waals surface area contributed by atoms with E-state index in [1.165, 1.54) is 0 Å². The molecule has 1 aromatic heterocycles. The van der Waals surface area contributed by atoms with Crippen LogP contribution in [0.15, 0.2) is 10.8 Å². The smallest absolute Gasteiger partial charge is 0.329 e. The number of aromatic nitrogens is 2. The Labute approximate surface area is 125 Å². The van der Waals surface area contributed by atoms with Crippen LogP contribution in [-0.2, 0) is 22.2 Å². The zero-order chi connectivity index (χ0) is 14.3. The summed E-state index contributed by atoms with van der Waals surface area (Å²) in [6.45, 7) is 0.570. The van der Waals surface area contributed by atoms with Gasteiger partial charge in [-0.05, 0) is 35.2 Å². The van der Waals surface area contributed by atoms with E-state index in [9.17, 15) is 4.79 Å². The average molecular weight is 344 g/mol. The zero-order valence-electron chi connectivity index (χ0n) is 11.3. The molecule has 1 aromatic rings. The lowest BCUT2D eigenvalue weighted by atomic mass is 9.75. The molecule has 2 N–H and O–H groups in total. The Morgan fingerprint density at radius 1 is 1.75 bits per heavy atom.